The quantitative estimate of drug-likeness (QED) is 0.885. The van der Waals surface area contributed by atoms with E-state index in [2.05, 4.69) is 15.4 Å². The minimum Gasteiger partial charge on any atom is -0.326 e. The molecule has 106 valence electrons. The van der Waals surface area contributed by atoms with Crippen molar-refractivity contribution in [2.24, 2.45) is 5.73 Å². The Morgan fingerprint density at radius 2 is 2.20 bits per heavy atom. The van der Waals surface area contributed by atoms with E-state index < -0.39 is 6.04 Å². The van der Waals surface area contributed by atoms with Crippen LogP contribution in [-0.2, 0) is 11.3 Å². The van der Waals surface area contributed by atoms with E-state index in [1.807, 2.05) is 31.2 Å². The second-order valence-electron chi connectivity index (χ2n) is 4.72. The average Bonchev–Trinajstić information content (AvgIpc) is 2.77. The van der Waals surface area contributed by atoms with Gasteiger partial charge >= 0.3 is 0 Å². The molecule has 0 bridgehead atoms. The molecule has 1 atom stereocenters. The van der Waals surface area contributed by atoms with Crippen molar-refractivity contribution >= 4 is 11.6 Å². The second kappa shape index (κ2) is 5.83. The van der Waals surface area contributed by atoms with Crippen LogP contribution in [0.5, 0.6) is 0 Å². The number of carbonyl (C=O) groups is 1. The zero-order valence-corrected chi connectivity index (χ0v) is 11.9. The van der Waals surface area contributed by atoms with E-state index in [1.54, 1.807) is 18.5 Å². The van der Waals surface area contributed by atoms with Gasteiger partial charge in [0.1, 0.15) is 17.7 Å². The van der Waals surface area contributed by atoms with Crippen LogP contribution in [0.4, 0.5) is 5.69 Å². The first-order valence-electron chi connectivity index (χ1n) is 6.51. The molecule has 1 aromatic carbocycles. The summed E-state index contributed by atoms with van der Waals surface area (Å²) >= 11 is 0. The van der Waals surface area contributed by atoms with Gasteiger partial charge in [0.05, 0.1) is 0 Å². The van der Waals surface area contributed by atoms with Gasteiger partial charge in [-0.25, -0.2) is 9.67 Å². The van der Waals surface area contributed by atoms with Crippen LogP contribution in [-0.4, -0.2) is 20.7 Å². The lowest BCUT2D eigenvalue weighted by molar-refractivity contribution is -0.119. The molecule has 0 saturated carbocycles. The molecular formula is C14H19N5O. The van der Waals surface area contributed by atoms with Crippen molar-refractivity contribution in [3.8, 4) is 0 Å². The Hall–Kier alpha value is -2.21. The summed E-state index contributed by atoms with van der Waals surface area (Å²) in [5, 5.41) is 7.10. The Kier molecular flexibility index (Phi) is 4.14. The van der Waals surface area contributed by atoms with Gasteiger partial charge in [-0.05, 0) is 38.5 Å². The van der Waals surface area contributed by atoms with E-state index in [1.165, 1.54) is 0 Å². The Bertz CT molecular complexity index is 620. The van der Waals surface area contributed by atoms with E-state index >= 15 is 0 Å². The molecule has 0 fully saturated rings. The molecule has 2 aromatic rings. The molecule has 1 unspecified atom stereocenters. The summed E-state index contributed by atoms with van der Waals surface area (Å²) in [4.78, 5) is 16.4. The summed E-state index contributed by atoms with van der Waals surface area (Å²) in [5.74, 6) is 1.25. The molecule has 20 heavy (non-hydrogen) atoms. The molecule has 0 aliphatic rings. The van der Waals surface area contributed by atoms with E-state index in [0.717, 1.165) is 17.1 Å². The molecule has 0 radical (unpaired) electrons. The third kappa shape index (κ3) is 3.03. The van der Waals surface area contributed by atoms with Crippen molar-refractivity contribution in [3.05, 3.63) is 41.5 Å². The predicted molar refractivity (Wildman–Crippen MR) is 77.2 cm³/mol. The number of hydrogen-bond donors (Lipinski definition) is 2. The highest BCUT2D eigenvalue weighted by atomic mass is 16.2. The van der Waals surface area contributed by atoms with E-state index in [4.69, 9.17) is 5.73 Å². The monoisotopic (exact) mass is 273 g/mol. The Balaban J connectivity index is 2.13. The summed E-state index contributed by atoms with van der Waals surface area (Å²) < 4.78 is 1.62. The molecule has 0 spiro atoms. The standard InChI is InChI=1S/C14H19N5O/c1-9(19-11(3)16-10(2)18-19)14(20)17-13-6-4-5-12(7-13)8-15/h4-7,9H,8,15H2,1-3H3,(H,17,20). The SMILES string of the molecule is Cc1nc(C)n(C(C)C(=O)Nc2cccc(CN)c2)n1. The van der Waals surface area contributed by atoms with Crippen molar-refractivity contribution in [1.82, 2.24) is 14.8 Å². The topological polar surface area (TPSA) is 85.8 Å². The Labute approximate surface area is 118 Å². The maximum atomic E-state index is 12.2. The third-order valence-corrected chi connectivity index (χ3v) is 3.08. The number of carbonyl (C=O) groups excluding carboxylic acids is 1. The van der Waals surface area contributed by atoms with E-state index in [9.17, 15) is 4.79 Å². The fourth-order valence-corrected chi connectivity index (χ4v) is 2.04. The van der Waals surface area contributed by atoms with Gasteiger partial charge in [0.15, 0.2) is 0 Å². The van der Waals surface area contributed by atoms with Gasteiger partial charge in [0.2, 0.25) is 5.91 Å². The molecule has 0 saturated heterocycles. The lowest BCUT2D eigenvalue weighted by atomic mass is 10.2. The smallest absolute Gasteiger partial charge is 0.249 e. The normalized spacial score (nSPS) is 12.2. The fourth-order valence-electron chi connectivity index (χ4n) is 2.04. The van der Waals surface area contributed by atoms with Crippen molar-refractivity contribution < 1.29 is 4.79 Å². The summed E-state index contributed by atoms with van der Waals surface area (Å²) in [6.07, 6.45) is 0. The van der Waals surface area contributed by atoms with Gasteiger partial charge in [-0.3, -0.25) is 4.79 Å². The van der Waals surface area contributed by atoms with Gasteiger partial charge in [-0.15, -0.1) is 0 Å². The number of anilines is 1. The largest absolute Gasteiger partial charge is 0.326 e. The van der Waals surface area contributed by atoms with Crippen LogP contribution in [0.3, 0.4) is 0 Å². The number of amides is 1. The van der Waals surface area contributed by atoms with Gasteiger partial charge in [0, 0.05) is 12.2 Å². The van der Waals surface area contributed by atoms with Gasteiger partial charge in [0.25, 0.3) is 0 Å². The van der Waals surface area contributed by atoms with Gasteiger partial charge in [-0.2, -0.15) is 5.10 Å². The van der Waals surface area contributed by atoms with Crippen LogP contribution >= 0.6 is 0 Å². The van der Waals surface area contributed by atoms with E-state index in [-0.39, 0.29) is 5.91 Å². The maximum Gasteiger partial charge on any atom is 0.249 e. The molecule has 0 aliphatic heterocycles. The molecular weight excluding hydrogens is 254 g/mol. The van der Waals surface area contributed by atoms with E-state index in [0.29, 0.717) is 12.4 Å². The highest BCUT2D eigenvalue weighted by Gasteiger charge is 2.18. The zero-order chi connectivity index (χ0) is 14.7. The van der Waals surface area contributed by atoms with Crippen LogP contribution in [0, 0.1) is 13.8 Å². The Morgan fingerprint density at radius 3 is 2.80 bits per heavy atom. The molecule has 0 aliphatic carbocycles. The maximum absolute atomic E-state index is 12.2. The number of nitrogens with two attached hydrogens (primary N) is 1. The van der Waals surface area contributed by atoms with Gasteiger partial charge < -0.3 is 11.1 Å². The van der Waals surface area contributed by atoms with Crippen LogP contribution < -0.4 is 11.1 Å². The minimum absolute atomic E-state index is 0.132. The molecule has 1 heterocycles. The number of nitrogens with zero attached hydrogens (tertiary/aromatic N) is 3. The van der Waals surface area contributed by atoms with Crippen molar-refractivity contribution in [1.29, 1.82) is 0 Å². The summed E-state index contributed by atoms with van der Waals surface area (Å²) in [6, 6.07) is 7.07. The van der Waals surface area contributed by atoms with Gasteiger partial charge in [-0.1, -0.05) is 12.1 Å². The number of nitrogens with one attached hydrogen (secondary N) is 1. The summed E-state index contributed by atoms with van der Waals surface area (Å²) in [7, 11) is 0. The molecule has 3 N–H and O–H groups in total. The number of rotatable bonds is 4. The minimum atomic E-state index is -0.419. The van der Waals surface area contributed by atoms with Crippen LogP contribution in [0.2, 0.25) is 0 Å². The first-order chi connectivity index (χ1) is 9.51. The van der Waals surface area contributed by atoms with Crippen molar-refractivity contribution in [2.45, 2.75) is 33.4 Å². The fraction of sp³-hybridized carbons (Fsp3) is 0.357. The van der Waals surface area contributed by atoms with Crippen molar-refractivity contribution in [2.75, 3.05) is 5.32 Å². The lowest BCUT2D eigenvalue weighted by Crippen LogP contribution is -2.25. The summed E-state index contributed by atoms with van der Waals surface area (Å²) in [5.41, 5.74) is 7.30. The number of aromatic nitrogens is 3. The number of aryl methyl sites for hydroxylation is 2. The highest BCUT2D eigenvalue weighted by molar-refractivity contribution is 5.93. The molecule has 1 amide bonds. The first kappa shape index (κ1) is 14.2. The molecule has 1 aromatic heterocycles. The predicted octanol–water partition coefficient (Wildman–Crippen LogP) is 1.55. The average molecular weight is 273 g/mol. The zero-order valence-electron chi connectivity index (χ0n) is 11.9. The van der Waals surface area contributed by atoms with Crippen molar-refractivity contribution in [3.63, 3.8) is 0 Å². The number of benzene rings is 1. The van der Waals surface area contributed by atoms with Crippen LogP contribution in [0.25, 0.3) is 0 Å². The van der Waals surface area contributed by atoms with Crippen LogP contribution in [0.1, 0.15) is 30.2 Å². The molecule has 6 nitrogen and oxygen atoms in total. The lowest BCUT2D eigenvalue weighted by Gasteiger charge is -2.14. The number of hydrogen-bond acceptors (Lipinski definition) is 4. The summed E-state index contributed by atoms with van der Waals surface area (Å²) in [6.45, 7) is 5.88. The first-order valence-corrected chi connectivity index (χ1v) is 6.51. The third-order valence-electron chi connectivity index (χ3n) is 3.08. The Morgan fingerprint density at radius 1 is 1.45 bits per heavy atom. The highest BCUT2D eigenvalue weighted by Crippen LogP contribution is 2.14. The van der Waals surface area contributed by atoms with Crippen LogP contribution in [0.15, 0.2) is 24.3 Å². The molecule has 6 heteroatoms. The molecule has 2 rings (SSSR count). The second-order valence-corrected chi connectivity index (χ2v) is 4.72.